The zero-order chi connectivity index (χ0) is 16.5. The third-order valence-electron chi connectivity index (χ3n) is 3.79. The average molecular weight is 312 g/mol. The van der Waals surface area contributed by atoms with E-state index in [9.17, 15) is 4.79 Å². The van der Waals surface area contributed by atoms with Crippen molar-refractivity contribution >= 4 is 5.97 Å². The molecule has 2 aromatic rings. The van der Waals surface area contributed by atoms with Gasteiger partial charge in [0.25, 0.3) is 0 Å². The number of carbonyl (C=O) groups is 1. The van der Waals surface area contributed by atoms with Crippen molar-refractivity contribution in [1.29, 1.82) is 0 Å². The lowest BCUT2D eigenvalue weighted by atomic mass is 10.1. The number of nitrogens with two attached hydrogens (primary N) is 1. The van der Waals surface area contributed by atoms with Gasteiger partial charge in [-0.3, -0.25) is 4.90 Å². The van der Waals surface area contributed by atoms with Gasteiger partial charge in [0.2, 0.25) is 0 Å². The Morgan fingerprint density at radius 3 is 2.30 bits per heavy atom. The number of hydrogen-bond donors (Lipinski definition) is 1. The Hall–Kier alpha value is -2.17. The first-order valence-electron chi connectivity index (χ1n) is 7.86. The second-order valence-corrected chi connectivity index (χ2v) is 5.49. The molecule has 4 nitrogen and oxygen atoms in total. The molecule has 0 spiro atoms. The number of ether oxygens (including phenoxy) is 1. The van der Waals surface area contributed by atoms with Gasteiger partial charge in [0.15, 0.2) is 0 Å². The first-order chi connectivity index (χ1) is 11.2. The van der Waals surface area contributed by atoms with E-state index in [4.69, 9.17) is 10.5 Å². The predicted octanol–water partition coefficient (Wildman–Crippen LogP) is 2.48. The Labute approximate surface area is 137 Å². The zero-order valence-corrected chi connectivity index (χ0v) is 13.6. The van der Waals surface area contributed by atoms with Crippen molar-refractivity contribution in [2.75, 3.05) is 26.7 Å². The normalized spacial score (nSPS) is 10.7. The minimum atomic E-state index is -0.306. The van der Waals surface area contributed by atoms with Crippen LogP contribution in [0.4, 0.5) is 0 Å². The summed E-state index contributed by atoms with van der Waals surface area (Å²) in [5.74, 6) is -0.306. The number of hydrogen-bond acceptors (Lipinski definition) is 4. The van der Waals surface area contributed by atoms with Crippen LogP contribution in [0.2, 0.25) is 0 Å². The Balaban J connectivity index is 1.94. The van der Waals surface area contributed by atoms with E-state index in [0.717, 1.165) is 26.1 Å². The summed E-state index contributed by atoms with van der Waals surface area (Å²) in [6.07, 6.45) is 1.00. The molecule has 4 heteroatoms. The van der Waals surface area contributed by atoms with Crippen LogP contribution in [-0.2, 0) is 17.7 Å². The van der Waals surface area contributed by atoms with Crippen molar-refractivity contribution in [3.63, 3.8) is 0 Å². The summed E-state index contributed by atoms with van der Waals surface area (Å²) in [5.41, 5.74) is 8.80. The molecule has 0 saturated heterocycles. The molecular weight excluding hydrogens is 288 g/mol. The van der Waals surface area contributed by atoms with E-state index < -0.39 is 0 Å². The Bertz CT molecular complexity index is 597. The number of rotatable bonds is 8. The molecule has 0 aromatic heterocycles. The average Bonchev–Trinajstić information content (AvgIpc) is 2.61. The SMILES string of the molecule is COC(=O)c1ccc(CN(CCN)CCc2ccccc2)cc1. The molecule has 0 aliphatic rings. The minimum Gasteiger partial charge on any atom is -0.465 e. The Kier molecular flexibility index (Phi) is 6.78. The summed E-state index contributed by atoms with van der Waals surface area (Å²) in [4.78, 5) is 13.8. The van der Waals surface area contributed by atoms with E-state index in [0.29, 0.717) is 12.1 Å². The number of esters is 1. The van der Waals surface area contributed by atoms with Crippen LogP contribution in [0.15, 0.2) is 54.6 Å². The van der Waals surface area contributed by atoms with Gasteiger partial charge >= 0.3 is 5.97 Å². The van der Waals surface area contributed by atoms with Gasteiger partial charge in [-0.1, -0.05) is 42.5 Å². The lowest BCUT2D eigenvalue weighted by Gasteiger charge is -2.21. The monoisotopic (exact) mass is 312 g/mol. The fourth-order valence-corrected chi connectivity index (χ4v) is 2.51. The Morgan fingerprint density at radius 2 is 1.70 bits per heavy atom. The minimum absolute atomic E-state index is 0.306. The summed E-state index contributed by atoms with van der Waals surface area (Å²) in [5, 5.41) is 0. The van der Waals surface area contributed by atoms with Gasteiger partial charge in [0.05, 0.1) is 12.7 Å². The molecule has 0 amide bonds. The standard InChI is InChI=1S/C19H24N2O2/c1-23-19(22)18-9-7-17(8-10-18)15-21(14-12-20)13-11-16-5-3-2-4-6-16/h2-10H,11-15,20H2,1H3. The predicted molar refractivity (Wildman–Crippen MR) is 92.3 cm³/mol. The van der Waals surface area contributed by atoms with E-state index in [1.807, 2.05) is 18.2 Å². The molecule has 0 aliphatic heterocycles. The van der Waals surface area contributed by atoms with Crippen LogP contribution in [0, 0.1) is 0 Å². The van der Waals surface area contributed by atoms with Gasteiger partial charge < -0.3 is 10.5 Å². The fourth-order valence-electron chi connectivity index (χ4n) is 2.51. The van der Waals surface area contributed by atoms with Gasteiger partial charge in [-0.25, -0.2) is 4.79 Å². The number of nitrogens with zero attached hydrogens (tertiary/aromatic N) is 1. The van der Waals surface area contributed by atoms with Crippen molar-refractivity contribution in [2.45, 2.75) is 13.0 Å². The third-order valence-corrected chi connectivity index (χ3v) is 3.79. The van der Waals surface area contributed by atoms with Crippen LogP contribution >= 0.6 is 0 Å². The summed E-state index contributed by atoms with van der Waals surface area (Å²) < 4.78 is 4.72. The van der Waals surface area contributed by atoms with E-state index in [2.05, 4.69) is 29.2 Å². The molecule has 2 rings (SSSR count). The molecule has 0 unspecified atom stereocenters. The maximum Gasteiger partial charge on any atom is 0.337 e. The molecule has 2 aromatic carbocycles. The quantitative estimate of drug-likeness (QED) is 0.761. The second kappa shape index (κ2) is 9.08. The third kappa shape index (κ3) is 5.51. The molecule has 0 saturated carbocycles. The maximum absolute atomic E-state index is 11.5. The molecule has 0 aliphatic carbocycles. The van der Waals surface area contributed by atoms with E-state index in [1.165, 1.54) is 18.2 Å². The van der Waals surface area contributed by atoms with Crippen molar-refractivity contribution < 1.29 is 9.53 Å². The molecule has 0 radical (unpaired) electrons. The Morgan fingerprint density at radius 1 is 1.00 bits per heavy atom. The van der Waals surface area contributed by atoms with Crippen LogP contribution in [0.5, 0.6) is 0 Å². The topological polar surface area (TPSA) is 55.6 Å². The zero-order valence-electron chi connectivity index (χ0n) is 13.6. The maximum atomic E-state index is 11.5. The number of benzene rings is 2. The smallest absolute Gasteiger partial charge is 0.337 e. The first-order valence-corrected chi connectivity index (χ1v) is 7.86. The molecule has 0 fully saturated rings. The highest BCUT2D eigenvalue weighted by Gasteiger charge is 2.08. The highest BCUT2D eigenvalue weighted by atomic mass is 16.5. The van der Waals surface area contributed by atoms with Gasteiger partial charge in [0, 0.05) is 26.2 Å². The van der Waals surface area contributed by atoms with Crippen LogP contribution in [0.25, 0.3) is 0 Å². The van der Waals surface area contributed by atoms with Crippen molar-refractivity contribution in [1.82, 2.24) is 4.90 Å². The lowest BCUT2D eigenvalue weighted by Crippen LogP contribution is -2.31. The number of methoxy groups -OCH3 is 1. The molecule has 0 heterocycles. The highest BCUT2D eigenvalue weighted by molar-refractivity contribution is 5.89. The first kappa shape index (κ1) is 17.2. The van der Waals surface area contributed by atoms with Gasteiger partial charge in [0.1, 0.15) is 0 Å². The molecule has 122 valence electrons. The van der Waals surface area contributed by atoms with E-state index in [1.54, 1.807) is 12.1 Å². The van der Waals surface area contributed by atoms with Crippen LogP contribution < -0.4 is 5.73 Å². The van der Waals surface area contributed by atoms with Crippen LogP contribution in [0.1, 0.15) is 21.5 Å². The van der Waals surface area contributed by atoms with Gasteiger partial charge in [-0.2, -0.15) is 0 Å². The van der Waals surface area contributed by atoms with E-state index in [-0.39, 0.29) is 5.97 Å². The fraction of sp³-hybridized carbons (Fsp3) is 0.316. The van der Waals surface area contributed by atoms with Crippen molar-refractivity contribution in [3.05, 3.63) is 71.3 Å². The molecule has 2 N–H and O–H groups in total. The van der Waals surface area contributed by atoms with Crippen LogP contribution in [-0.4, -0.2) is 37.6 Å². The van der Waals surface area contributed by atoms with E-state index >= 15 is 0 Å². The van der Waals surface area contributed by atoms with Crippen molar-refractivity contribution in [3.8, 4) is 0 Å². The largest absolute Gasteiger partial charge is 0.465 e. The summed E-state index contributed by atoms with van der Waals surface area (Å²) in [6.45, 7) is 3.27. The molecule has 0 bridgehead atoms. The van der Waals surface area contributed by atoms with Crippen LogP contribution in [0.3, 0.4) is 0 Å². The molecular formula is C19H24N2O2. The second-order valence-electron chi connectivity index (χ2n) is 5.49. The van der Waals surface area contributed by atoms with Gasteiger partial charge in [-0.15, -0.1) is 0 Å². The summed E-state index contributed by atoms with van der Waals surface area (Å²) in [6, 6.07) is 18.0. The molecule has 23 heavy (non-hydrogen) atoms. The number of carbonyl (C=O) groups excluding carboxylic acids is 1. The summed E-state index contributed by atoms with van der Waals surface area (Å²) in [7, 11) is 1.39. The molecule has 0 atom stereocenters. The lowest BCUT2D eigenvalue weighted by molar-refractivity contribution is 0.0600. The van der Waals surface area contributed by atoms with Crippen molar-refractivity contribution in [2.24, 2.45) is 5.73 Å². The summed E-state index contributed by atoms with van der Waals surface area (Å²) >= 11 is 0. The van der Waals surface area contributed by atoms with Gasteiger partial charge in [-0.05, 0) is 29.7 Å². The highest BCUT2D eigenvalue weighted by Crippen LogP contribution is 2.10.